The van der Waals surface area contributed by atoms with E-state index in [4.69, 9.17) is 16.3 Å². The minimum absolute atomic E-state index is 0.0902. The molecule has 0 fully saturated rings. The number of benzene rings is 1. The van der Waals surface area contributed by atoms with Gasteiger partial charge >= 0.3 is 5.97 Å². The molecule has 0 spiro atoms. The molecule has 0 aliphatic carbocycles. The Kier molecular flexibility index (Phi) is 2.98. The lowest BCUT2D eigenvalue weighted by atomic mass is 10.1. The third kappa shape index (κ3) is 1.96. The average Bonchev–Trinajstić information content (AvgIpc) is 2.67. The van der Waals surface area contributed by atoms with Gasteiger partial charge in [-0.1, -0.05) is 36.7 Å². The number of hydrogen-bond donors (Lipinski definition) is 0. The van der Waals surface area contributed by atoms with Crippen LogP contribution in [-0.4, -0.2) is 22.6 Å². The van der Waals surface area contributed by atoms with Crippen molar-refractivity contribution < 1.29 is 14.3 Å². The highest BCUT2D eigenvalue weighted by Gasteiger charge is 2.50. The van der Waals surface area contributed by atoms with E-state index in [9.17, 15) is 9.59 Å². The second-order valence-corrected chi connectivity index (χ2v) is 4.12. The Balaban J connectivity index is 2.38. The summed E-state index contributed by atoms with van der Waals surface area (Å²) in [6, 6.07) is 8.84. The number of Topliss-reactive ketones (excluding diaryl/α,β-unsaturated/α-hetero) is 1. The molecule has 1 heterocycles. The Morgan fingerprint density at radius 3 is 2.65 bits per heavy atom. The predicted octanol–water partition coefficient (Wildman–Crippen LogP) is 1.90. The van der Waals surface area contributed by atoms with Crippen LogP contribution in [-0.2, 0) is 14.3 Å². The Hall–Kier alpha value is -1.68. The number of hydrogen-bond acceptors (Lipinski definition) is 4. The molecule has 1 unspecified atom stereocenters. The molecule has 0 N–H and O–H groups in total. The highest BCUT2D eigenvalue weighted by atomic mass is 35.5. The van der Waals surface area contributed by atoms with E-state index in [1.54, 1.807) is 31.2 Å². The van der Waals surface area contributed by atoms with Crippen LogP contribution in [0, 0.1) is 0 Å². The molecule has 1 aromatic rings. The van der Waals surface area contributed by atoms with E-state index in [0.29, 0.717) is 5.56 Å². The number of carbonyl (C=O) groups is 2. The summed E-state index contributed by atoms with van der Waals surface area (Å²) in [6.45, 7) is 1.62. The summed E-state index contributed by atoms with van der Waals surface area (Å²) in [5.41, 5.74) is 0.618. The van der Waals surface area contributed by atoms with Crippen LogP contribution in [0.25, 0.3) is 0 Å². The standard InChI is InChI=1S/C12H10ClNO3/c1-2-9(15)12(13)11(16)17-10(14-12)8-6-4-3-5-7-8/h3-7H,2H2,1H3. The topological polar surface area (TPSA) is 55.7 Å². The lowest BCUT2D eigenvalue weighted by molar-refractivity contribution is -0.140. The van der Waals surface area contributed by atoms with Crippen LogP contribution in [0.2, 0.25) is 0 Å². The number of alkyl halides is 1. The Bertz CT molecular complexity index is 498. The molecule has 0 saturated heterocycles. The molecule has 0 aromatic heterocycles. The van der Waals surface area contributed by atoms with Gasteiger partial charge in [0, 0.05) is 12.0 Å². The molecule has 88 valence electrons. The fraction of sp³-hybridized carbons (Fsp3) is 0.250. The molecule has 1 atom stereocenters. The summed E-state index contributed by atoms with van der Waals surface area (Å²) in [5.74, 6) is -1.20. The molecule has 17 heavy (non-hydrogen) atoms. The van der Waals surface area contributed by atoms with E-state index in [-0.39, 0.29) is 12.3 Å². The van der Waals surface area contributed by atoms with Gasteiger partial charge in [0.2, 0.25) is 5.90 Å². The fourth-order valence-electron chi connectivity index (χ4n) is 1.48. The number of ether oxygens (including phenoxy) is 1. The first-order chi connectivity index (χ1) is 8.08. The lowest BCUT2D eigenvalue weighted by Crippen LogP contribution is -2.36. The van der Waals surface area contributed by atoms with Crippen molar-refractivity contribution in [2.24, 2.45) is 4.99 Å². The first kappa shape index (κ1) is 11.8. The number of ketones is 1. The maximum absolute atomic E-state index is 11.6. The Morgan fingerprint density at radius 2 is 2.06 bits per heavy atom. The van der Waals surface area contributed by atoms with Crippen molar-refractivity contribution in [3.05, 3.63) is 35.9 Å². The third-order valence-corrected chi connectivity index (χ3v) is 2.88. The molecule has 5 heteroatoms. The molecule has 0 saturated carbocycles. The molecule has 1 aliphatic rings. The second-order valence-electron chi connectivity index (χ2n) is 3.57. The summed E-state index contributed by atoms with van der Waals surface area (Å²) in [5, 5.41) is 0. The van der Waals surface area contributed by atoms with Crippen LogP contribution in [0.3, 0.4) is 0 Å². The lowest BCUT2D eigenvalue weighted by Gasteiger charge is -2.09. The van der Waals surface area contributed by atoms with Gasteiger partial charge in [-0.15, -0.1) is 0 Å². The number of esters is 1. The average molecular weight is 252 g/mol. The van der Waals surface area contributed by atoms with Gasteiger partial charge < -0.3 is 4.74 Å². The van der Waals surface area contributed by atoms with Gasteiger partial charge in [0.1, 0.15) is 0 Å². The van der Waals surface area contributed by atoms with E-state index < -0.39 is 16.8 Å². The van der Waals surface area contributed by atoms with Gasteiger partial charge in [-0.25, -0.2) is 9.79 Å². The highest BCUT2D eigenvalue weighted by Crippen LogP contribution is 2.29. The summed E-state index contributed by atoms with van der Waals surface area (Å²) in [7, 11) is 0. The van der Waals surface area contributed by atoms with Gasteiger partial charge in [0.15, 0.2) is 5.78 Å². The monoisotopic (exact) mass is 251 g/mol. The zero-order valence-corrected chi connectivity index (χ0v) is 9.90. The Labute approximate surface area is 103 Å². The third-order valence-electron chi connectivity index (χ3n) is 2.43. The second kappa shape index (κ2) is 4.30. The molecule has 1 aliphatic heterocycles. The largest absolute Gasteiger partial charge is 0.404 e. The zero-order valence-electron chi connectivity index (χ0n) is 9.14. The van der Waals surface area contributed by atoms with Gasteiger partial charge in [-0.2, -0.15) is 0 Å². The molecular weight excluding hydrogens is 242 g/mol. The molecule has 0 amide bonds. The smallest absolute Gasteiger partial charge is 0.364 e. The number of cyclic esters (lactones) is 1. The van der Waals surface area contributed by atoms with Crippen LogP contribution in [0.4, 0.5) is 0 Å². The van der Waals surface area contributed by atoms with Gasteiger partial charge in [0.25, 0.3) is 5.00 Å². The van der Waals surface area contributed by atoms with Crippen LogP contribution in [0.1, 0.15) is 18.9 Å². The fourth-order valence-corrected chi connectivity index (χ4v) is 1.73. The molecular formula is C12H10ClNO3. The van der Waals surface area contributed by atoms with Crippen molar-refractivity contribution in [1.82, 2.24) is 0 Å². The first-order valence-electron chi connectivity index (χ1n) is 5.17. The number of aliphatic imine (C=N–C) groups is 1. The van der Waals surface area contributed by atoms with Crippen molar-refractivity contribution in [1.29, 1.82) is 0 Å². The van der Waals surface area contributed by atoms with E-state index in [1.165, 1.54) is 0 Å². The normalized spacial score (nSPS) is 23.2. The van der Waals surface area contributed by atoms with Crippen molar-refractivity contribution in [2.45, 2.75) is 18.3 Å². The molecule has 0 radical (unpaired) electrons. The molecule has 0 bridgehead atoms. The predicted molar refractivity (Wildman–Crippen MR) is 63.0 cm³/mol. The summed E-state index contributed by atoms with van der Waals surface area (Å²) in [6.07, 6.45) is 0.129. The number of nitrogens with zero attached hydrogens (tertiary/aromatic N) is 1. The zero-order chi connectivity index (χ0) is 12.5. The van der Waals surface area contributed by atoms with Gasteiger partial charge in [-0.05, 0) is 12.1 Å². The minimum atomic E-state index is -1.90. The van der Waals surface area contributed by atoms with Crippen LogP contribution in [0.15, 0.2) is 35.3 Å². The molecule has 4 nitrogen and oxygen atoms in total. The maximum atomic E-state index is 11.6. The summed E-state index contributed by atoms with van der Waals surface area (Å²) in [4.78, 5) is 25.2. The van der Waals surface area contributed by atoms with Crippen molar-refractivity contribution >= 4 is 29.3 Å². The summed E-state index contributed by atoms with van der Waals surface area (Å²) < 4.78 is 4.94. The van der Waals surface area contributed by atoms with Crippen molar-refractivity contribution in [2.75, 3.05) is 0 Å². The van der Waals surface area contributed by atoms with Crippen LogP contribution in [0.5, 0.6) is 0 Å². The van der Waals surface area contributed by atoms with E-state index in [1.807, 2.05) is 6.07 Å². The van der Waals surface area contributed by atoms with Crippen LogP contribution < -0.4 is 0 Å². The number of rotatable bonds is 3. The van der Waals surface area contributed by atoms with Crippen molar-refractivity contribution in [3.63, 3.8) is 0 Å². The molecule has 2 rings (SSSR count). The number of carbonyl (C=O) groups excluding carboxylic acids is 2. The van der Waals surface area contributed by atoms with E-state index in [0.717, 1.165) is 0 Å². The Morgan fingerprint density at radius 1 is 1.41 bits per heavy atom. The van der Waals surface area contributed by atoms with E-state index in [2.05, 4.69) is 4.99 Å². The first-order valence-corrected chi connectivity index (χ1v) is 5.55. The van der Waals surface area contributed by atoms with Crippen molar-refractivity contribution in [3.8, 4) is 0 Å². The number of halogens is 1. The van der Waals surface area contributed by atoms with Gasteiger partial charge in [-0.3, -0.25) is 4.79 Å². The highest BCUT2D eigenvalue weighted by molar-refractivity contribution is 6.48. The van der Waals surface area contributed by atoms with Gasteiger partial charge in [0.05, 0.1) is 0 Å². The minimum Gasteiger partial charge on any atom is -0.404 e. The van der Waals surface area contributed by atoms with E-state index >= 15 is 0 Å². The summed E-state index contributed by atoms with van der Waals surface area (Å²) >= 11 is 5.90. The van der Waals surface area contributed by atoms with Crippen LogP contribution >= 0.6 is 11.6 Å². The quantitative estimate of drug-likeness (QED) is 0.357. The molecule has 1 aromatic carbocycles. The maximum Gasteiger partial charge on any atom is 0.364 e. The SMILES string of the molecule is CCC(=O)C1(Cl)N=C(c2ccccc2)OC1=O.